The minimum atomic E-state index is -0.264. The van der Waals surface area contributed by atoms with Crippen molar-refractivity contribution in [3.63, 3.8) is 0 Å². The molecule has 0 bridgehead atoms. The fourth-order valence-corrected chi connectivity index (χ4v) is 1.90. The Morgan fingerprint density at radius 1 is 1.11 bits per heavy atom. The minimum Gasteiger partial charge on any atom is -0.463 e. The van der Waals surface area contributed by atoms with Crippen LogP contribution in [0.1, 0.15) is 31.2 Å². The van der Waals surface area contributed by atoms with Gasteiger partial charge in [-0.15, -0.1) is 0 Å². The van der Waals surface area contributed by atoms with E-state index in [9.17, 15) is 4.79 Å². The zero-order valence-corrected chi connectivity index (χ0v) is 12.1. The second kappa shape index (κ2) is 9.89. The first-order valence-corrected chi connectivity index (χ1v) is 7.41. The van der Waals surface area contributed by atoms with Gasteiger partial charge in [0.2, 0.25) is 0 Å². The highest BCUT2D eigenvalue weighted by atomic mass is 79.9. The van der Waals surface area contributed by atoms with E-state index in [0.717, 1.165) is 23.7 Å². The molecule has 0 aromatic heterocycles. The lowest BCUT2D eigenvalue weighted by Crippen LogP contribution is -2.02. The van der Waals surface area contributed by atoms with Gasteiger partial charge in [0.05, 0.1) is 6.61 Å². The van der Waals surface area contributed by atoms with Crippen LogP contribution in [0.3, 0.4) is 0 Å². The van der Waals surface area contributed by atoms with E-state index < -0.39 is 0 Å². The minimum absolute atomic E-state index is 0.264. The number of benzene rings is 1. The van der Waals surface area contributed by atoms with Crippen molar-refractivity contribution in [1.29, 1.82) is 0 Å². The molecular formula is C15H19BrO2. The van der Waals surface area contributed by atoms with Gasteiger partial charge in [-0.3, -0.25) is 0 Å². The fourth-order valence-electron chi connectivity index (χ4n) is 1.50. The van der Waals surface area contributed by atoms with Gasteiger partial charge in [0.1, 0.15) is 0 Å². The Balaban J connectivity index is 2.12. The van der Waals surface area contributed by atoms with E-state index in [4.69, 9.17) is 4.74 Å². The Kier molecular flexibility index (Phi) is 8.23. The number of esters is 1. The van der Waals surface area contributed by atoms with E-state index in [1.165, 1.54) is 18.9 Å². The van der Waals surface area contributed by atoms with Crippen LogP contribution in [-0.4, -0.2) is 17.9 Å². The Morgan fingerprint density at radius 3 is 2.56 bits per heavy atom. The molecule has 0 aliphatic rings. The third-order valence-electron chi connectivity index (χ3n) is 2.48. The topological polar surface area (TPSA) is 26.3 Å². The SMILES string of the molecule is O=C(/C=C/c1ccccc1)OCCCCCCBr. The molecule has 0 unspecified atom stereocenters. The second-order valence-electron chi connectivity index (χ2n) is 4.01. The summed E-state index contributed by atoms with van der Waals surface area (Å²) in [6.45, 7) is 0.514. The van der Waals surface area contributed by atoms with E-state index in [-0.39, 0.29) is 5.97 Å². The van der Waals surface area contributed by atoms with E-state index >= 15 is 0 Å². The van der Waals surface area contributed by atoms with Gasteiger partial charge in [-0.25, -0.2) is 4.79 Å². The Bertz CT molecular complexity index is 360. The van der Waals surface area contributed by atoms with Crippen molar-refractivity contribution in [2.75, 3.05) is 11.9 Å². The highest BCUT2D eigenvalue weighted by molar-refractivity contribution is 9.09. The molecule has 0 fully saturated rings. The summed E-state index contributed by atoms with van der Waals surface area (Å²) in [6.07, 6.45) is 7.67. The summed E-state index contributed by atoms with van der Waals surface area (Å²) in [6, 6.07) is 9.72. The standard InChI is InChI=1S/C15H19BrO2/c16-12-6-1-2-7-13-18-15(17)11-10-14-8-4-3-5-9-14/h3-5,8-11H,1-2,6-7,12-13H2/b11-10+. The quantitative estimate of drug-likeness (QED) is 0.311. The largest absolute Gasteiger partial charge is 0.463 e. The van der Waals surface area contributed by atoms with Gasteiger partial charge < -0.3 is 4.74 Å². The molecule has 0 saturated heterocycles. The number of carbonyl (C=O) groups is 1. The number of unbranched alkanes of at least 4 members (excludes halogenated alkanes) is 3. The van der Waals surface area contributed by atoms with E-state index in [2.05, 4.69) is 15.9 Å². The zero-order chi connectivity index (χ0) is 13.1. The Labute approximate surface area is 117 Å². The third-order valence-corrected chi connectivity index (χ3v) is 3.04. The van der Waals surface area contributed by atoms with Crippen LogP contribution in [0, 0.1) is 0 Å². The summed E-state index contributed by atoms with van der Waals surface area (Å²) < 4.78 is 5.11. The molecular weight excluding hydrogens is 292 g/mol. The molecule has 0 N–H and O–H groups in total. The molecule has 1 aromatic rings. The van der Waals surface area contributed by atoms with Crippen LogP contribution in [0.5, 0.6) is 0 Å². The lowest BCUT2D eigenvalue weighted by Gasteiger charge is -2.01. The predicted molar refractivity (Wildman–Crippen MR) is 78.7 cm³/mol. The molecule has 98 valence electrons. The maximum absolute atomic E-state index is 11.4. The highest BCUT2D eigenvalue weighted by Gasteiger charge is 1.96. The number of carbonyl (C=O) groups excluding carboxylic acids is 1. The molecule has 3 heteroatoms. The molecule has 0 aliphatic heterocycles. The lowest BCUT2D eigenvalue weighted by atomic mass is 10.2. The molecule has 0 heterocycles. The molecule has 0 amide bonds. The van der Waals surface area contributed by atoms with Gasteiger partial charge >= 0.3 is 5.97 Å². The summed E-state index contributed by atoms with van der Waals surface area (Å²) in [4.78, 5) is 11.4. The third kappa shape index (κ3) is 7.28. The number of halogens is 1. The summed E-state index contributed by atoms with van der Waals surface area (Å²) in [5.41, 5.74) is 1.01. The molecule has 0 aliphatic carbocycles. The van der Waals surface area contributed by atoms with Crippen molar-refractivity contribution in [3.8, 4) is 0 Å². The van der Waals surface area contributed by atoms with Crippen LogP contribution in [-0.2, 0) is 9.53 Å². The lowest BCUT2D eigenvalue weighted by molar-refractivity contribution is -0.137. The normalized spacial score (nSPS) is 10.7. The first-order valence-electron chi connectivity index (χ1n) is 6.29. The zero-order valence-electron chi connectivity index (χ0n) is 10.5. The van der Waals surface area contributed by atoms with Gasteiger partial charge in [-0.1, -0.05) is 59.1 Å². The number of alkyl halides is 1. The molecule has 0 spiro atoms. The Morgan fingerprint density at radius 2 is 1.83 bits per heavy atom. The average Bonchev–Trinajstić information content (AvgIpc) is 2.41. The van der Waals surface area contributed by atoms with E-state index in [1.807, 2.05) is 30.3 Å². The van der Waals surface area contributed by atoms with E-state index in [0.29, 0.717) is 6.61 Å². The maximum Gasteiger partial charge on any atom is 0.330 e. The maximum atomic E-state index is 11.4. The van der Waals surface area contributed by atoms with Crippen molar-refractivity contribution in [2.24, 2.45) is 0 Å². The molecule has 0 saturated carbocycles. The summed E-state index contributed by atoms with van der Waals surface area (Å²) >= 11 is 3.39. The van der Waals surface area contributed by atoms with Gasteiger partial charge in [-0.2, -0.15) is 0 Å². The summed E-state index contributed by atoms with van der Waals surface area (Å²) in [5.74, 6) is -0.264. The van der Waals surface area contributed by atoms with Crippen LogP contribution in [0.15, 0.2) is 36.4 Å². The van der Waals surface area contributed by atoms with Crippen LogP contribution in [0.2, 0.25) is 0 Å². The second-order valence-corrected chi connectivity index (χ2v) is 4.81. The van der Waals surface area contributed by atoms with Crippen LogP contribution >= 0.6 is 15.9 Å². The highest BCUT2D eigenvalue weighted by Crippen LogP contribution is 2.03. The van der Waals surface area contributed by atoms with Gasteiger partial charge in [0.15, 0.2) is 0 Å². The molecule has 0 radical (unpaired) electrons. The van der Waals surface area contributed by atoms with Gasteiger partial charge in [0, 0.05) is 11.4 Å². The summed E-state index contributed by atoms with van der Waals surface area (Å²) in [7, 11) is 0. The number of hydrogen-bond donors (Lipinski definition) is 0. The molecule has 0 atom stereocenters. The number of ether oxygens (including phenoxy) is 1. The molecule has 1 aromatic carbocycles. The van der Waals surface area contributed by atoms with Crippen molar-refractivity contribution >= 4 is 28.0 Å². The van der Waals surface area contributed by atoms with Crippen molar-refractivity contribution in [3.05, 3.63) is 42.0 Å². The van der Waals surface area contributed by atoms with E-state index in [1.54, 1.807) is 6.08 Å². The summed E-state index contributed by atoms with van der Waals surface area (Å²) in [5, 5.41) is 1.05. The smallest absolute Gasteiger partial charge is 0.330 e. The average molecular weight is 311 g/mol. The fraction of sp³-hybridized carbons (Fsp3) is 0.400. The van der Waals surface area contributed by atoms with Crippen molar-refractivity contribution in [1.82, 2.24) is 0 Å². The van der Waals surface area contributed by atoms with Crippen molar-refractivity contribution < 1.29 is 9.53 Å². The van der Waals surface area contributed by atoms with Crippen LogP contribution in [0.4, 0.5) is 0 Å². The van der Waals surface area contributed by atoms with Crippen LogP contribution in [0.25, 0.3) is 6.08 Å². The monoisotopic (exact) mass is 310 g/mol. The van der Waals surface area contributed by atoms with Gasteiger partial charge in [0.25, 0.3) is 0 Å². The first kappa shape index (κ1) is 15.0. The molecule has 18 heavy (non-hydrogen) atoms. The molecule has 2 nitrogen and oxygen atoms in total. The molecule has 1 rings (SSSR count). The van der Waals surface area contributed by atoms with Crippen molar-refractivity contribution in [2.45, 2.75) is 25.7 Å². The number of hydrogen-bond acceptors (Lipinski definition) is 2. The van der Waals surface area contributed by atoms with Crippen LogP contribution < -0.4 is 0 Å². The van der Waals surface area contributed by atoms with Gasteiger partial charge in [-0.05, 0) is 24.5 Å². The Hall–Kier alpha value is -1.09. The predicted octanol–water partition coefficient (Wildman–Crippen LogP) is 4.20. The number of rotatable bonds is 8. The first-order chi connectivity index (χ1) is 8.83.